The summed E-state index contributed by atoms with van der Waals surface area (Å²) in [5.41, 5.74) is 2.20. The third kappa shape index (κ3) is 5.91. The summed E-state index contributed by atoms with van der Waals surface area (Å²) >= 11 is 13.6. The summed E-state index contributed by atoms with van der Waals surface area (Å²) in [6.45, 7) is 0.555. The fourth-order valence-electron chi connectivity index (χ4n) is 2.93. The van der Waals surface area contributed by atoms with E-state index in [-0.39, 0.29) is 16.6 Å². The van der Waals surface area contributed by atoms with E-state index >= 15 is 0 Å². The fourth-order valence-corrected chi connectivity index (χ4v) is 5.03. The molecule has 2 aromatic carbocycles. The molecule has 0 amide bonds. The smallest absolute Gasteiger partial charge is 0.266 e. The fraction of sp³-hybridized carbons (Fsp3) is 0.158. The number of H-pyrrole nitrogens is 1. The van der Waals surface area contributed by atoms with Gasteiger partial charge in [-0.25, -0.2) is 17.8 Å². The van der Waals surface area contributed by atoms with Gasteiger partial charge in [-0.2, -0.15) is 5.21 Å². The largest absolute Gasteiger partial charge is 0.455 e. The van der Waals surface area contributed by atoms with Crippen molar-refractivity contribution in [3.63, 3.8) is 0 Å². The van der Waals surface area contributed by atoms with Crippen molar-refractivity contribution in [3.05, 3.63) is 62.6 Å². The van der Waals surface area contributed by atoms with Crippen molar-refractivity contribution >= 4 is 56.3 Å². The van der Waals surface area contributed by atoms with Gasteiger partial charge in [0.2, 0.25) is 0 Å². The zero-order valence-electron chi connectivity index (χ0n) is 17.1. The molecule has 0 unspecified atom stereocenters. The molecule has 3 N–H and O–H groups in total. The molecule has 15 heteroatoms. The molecule has 0 spiro atoms. The molecule has 0 fully saturated rings. The number of aryl methyl sites for hydroxylation is 1. The number of aromatic amines is 1. The van der Waals surface area contributed by atoms with Crippen LogP contribution < -0.4 is 14.8 Å². The molecule has 178 valence electrons. The quantitative estimate of drug-likeness (QED) is 0.244. The molecule has 10 nitrogen and oxygen atoms in total. The van der Waals surface area contributed by atoms with Crippen LogP contribution in [0.1, 0.15) is 12.0 Å². The first-order valence-corrected chi connectivity index (χ1v) is 12.8. The molecule has 0 saturated heterocycles. The molecule has 0 atom stereocenters. The predicted molar refractivity (Wildman–Crippen MR) is 127 cm³/mol. The average molecular weight is 544 g/mol. The number of rotatable bonds is 10. The molecular weight excluding hydrogens is 528 g/mol. The standard InChI is InChI=1S/C19H16Cl2FN7O3S2/c20-12-3-4-15(11(6-12)2-1-5-23-19-25-28-29-26-19)32-16-8-14(22)17(7-13(16)21)34(30,31)27-18-9-33-10-24-18/h3-4,6-10,27H,1-2,5H2,(H2,23,25,26,28,29). The normalized spacial score (nSPS) is 11.4. The summed E-state index contributed by atoms with van der Waals surface area (Å²) < 4.78 is 47.9. The van der Waals surface area contributed by atoms with Gasteiger partial charge in [0.15, 0.2) is 5.82 Å². The number of tetrazole rings is 1. The number of nitrogens with one attached hydrogen (secondary N) is 3. The van der Waals surface area contributed by atoms with Crippen LogP contribution in [0.3, 0.4) is 0 Å². The topological polar surface area (TPSA) is 135 Å². The highest BCUT2D eigenvalue weighted by Crippen LogP contribution is 2.36. The van der Waals surface area contributed by atoms with E-state index in [9.17, 15) is 12.8 Å². The summed E-state index contributed by atoms with van der Waals surface area (Å²) in [5.74, 6) is -0.201. The summed E-state index contributed by atoms with van der Waals surface area (Å²) in [6, 6.07) is 6.90. The van der Waals surface area contributed by atoms with Crippen LogP contribution in [0.4, 0.5) is 16.2 Å². The Morgan fingerprint density at radius 1 is 1.18 bits per heavy atom. The lowest BCUT2D eigenvalue weighted by Crippen LogP contribution is -2.15. The highest BCUT2D eigenvalue weighted by atomic mass is 35.5. The number of thiazole rings is 1. The van der Waals surface area contributed by atoms with Crippen LogP contribution in [0.15, 0.2) is 46.1 Å². The first-order chi connectivity index (χ1) is 16.3. The van der Waals surface area contributed by atoms with Gasteiger partial charge in [-0.05, 0) is 47.9 Å². The highest BCUT2D eigenvalue weighted by molar-refractivity contribution is 7.92. The lowest BCUT2D eigenvalue weighted by atomic mass is 10.1. The van der Waals surface area contributed by atoms with Crippen molar-refractivity contribution in [1.29, 1.82) is 0 Å². The second-order valence-corrected chi connectivity index (χ2v) is 10.0. The number of nitrogens with zero attached hydrogens (tertiary/aromatic N) is 4. The Morgan fingerprint density at radius 2 is 2.03 bits per heavy atom. The molecule has 2 heterocycles. The number of ether oxygens (including phenoxy) is 1. The Kier molecular flexibility index (Phi) is 7.46. The van der Waals surface area contributed by atoms with Crippen molar-refractivity contribution in [2.75, 3.05) is 16.6 Å². The molecule has 0 bridgehead atoms. The third-order valence-corrected chi connectivity index (χ3v) is 6.93. The predicted octanol–water partition coefficient (Wildman–Crippen LogP) is 4.74. The first kappa shape index (κ1) is 24.1. The molecule has 0 aliphatic heterocycles. The minimum atomic E-state index is -4.24. The summed E-state index contributed by atoms with van der Waals surface area (Å²) in [5, 5.41) is 18.3. The monoisotopic (exact) mass is 543 g/mol. The molecule has 0 aliphatic carbocycles. The van der Waals surface area contributed by atoms with E-state index in [1.807, 2.05) is 0 Å². The van der Waals surface area contributed by atoms with Gasteiger partial charge in [-0.3, -0.25) is 4.72 Å². The SMILES string of the molecule is O=S(=O)(Nc1cscn1)c1cc(Cl)c(Oc2ccc(Cl)cc2CCCNc2nn[nH]n2)cc1F. The number of benzene rings is 2. The van der Waals surface area contributed by atoms with Gasteiger partial charge in [-0.15, -0.1) is 16.4 Å². The van der Waals surface area contributed by atoms with Crippen molar-refractivity contribution in [1.82, 2.24) is 25.6 Å². The van der Waals surface area contributed by atoms with Gasteiger partial charge in [0, 0.05) is 23.0 Å². The van der Waals surface area contributed by atoms with Crippen LogP contribution in [-0.4, -0.2) is 40.6 Å². The Bertz CT molecular complexity index is 1370. The highest BCUT2D eigenvalue weighted by Gasteiger charge is 2.23. The van der Waals surface area contributed by atoms with E-state index in [1.165, 1.54) is 22.2 Å². The van der Waals surface area contributed by atoms with Gasteiger partial charge in [-0.1, -0.05) is 28.3 Å². The molecular formula is C19H16Cl2FN7O3S2. The van der Waals surface area contributed by atoms with Crippen molar-refractivity contribution in [2.24, 2.45) is 0 Å². The van der Waals surface area contributed by atoms with Gasteiger partial charge in [0.05, 0.1) is 10.5 Å². The molecule has 4 rings (SSSR count). The third-order valence-electron chi connectivity index (χ3n) is 4.44. The molecule has 0 saturated carbocycles. The van der Waals surface area contributed by atoms with Crippen LogP contribution in [-0.2, 0) is 16.4 Å². The van der Waals surface area contributed by atoms with Crippen LogP contribution in [0.2, 0.25) is 10.0 Å². The minimum absolute atomic E-state index is 0.0414. The Balaban J connectivity index is 1.50. The van der Waals surface area contributed by atoms with Crippen LogP contribution >= 0.6 is 34.5 Å². The second-order valence-electron chi connectivity index (χ2n) is 6.81. The van der Waals surface area contributed by atoms with E-state index in [2.05, 4.69) is 35.6 Å². The number of aromatic nitrogens is 5. The van der Waals surface area contributed by atoms with Gasteiger partial charge in [0.1, 0.15) is 22.2 Å². The second kappa shape index (κ2) is 10.5. The van der Waals surface area contributed by atoms with Crippen LogP contribution in [0, 0.1) is 5.82 Å². The number of hydrogen-bond acceptors (Lipinski definition) is 9. The number of hydrogen-bond donors (Lipinski definition) is 3. The summed E-state index contributed by atoms with van der Waals surface area (Å²) in [7, 11) is -4.24. The van der Waals surface area contributed by atoms with Gasteiger partial charge in [0.25, 0.3) is 16.0 Å². The number of halogens is 3. The Labute approximate surface area is 207 Å². The number of sulfonamides is 1. The lowest BCUT2D eigenvalue weighted by molar-refractivity contribution is 0.467. The lowest BCUT2D eigenvalue weighted by Gasteiger charge is -2.14. The van der Waals surface area contributed by atoms with E-state index in [1.54, 1.807) is 18.2 Å². The van der Waals surface area contributed by atoms with Crippen LogP contribution in [0.25, 0.3) is 0 Å². The summed E-state index contributed by atoms with van der Waals surface area (Å²) in [6.07, 6.45) is 1.23. The minimum Gasteiger partial charge on any atom is -0.455 e. The summed E-state index contributed by atoms with van der Waals surface area (Å²) in [4.78, 5) is 3.21. The van der Waals surface area contributed by atoms with Gasteiger partial charge >= 0.3 is 0 Å². The zero-order chi connectivity index (χ0) is 24.1. The van der Waals surface area contributed by atoms with E-state index in [0.29, 0.717) is 36.1 Å². The molecule has 34 heavy (non-hydrogen) atoms. The van der Waals surface area contributed by atoms with Crippen molar-refractivity contribution in [3.8, 4) is 11.5 Å². The van der Waals surface area contributed by atoms with Crippen LogP contribution in [0.5, 0.6) is 11.5 Å². The Morgan fingerprint density at radius 3 is 2.76 bits per heavy atom. The maximum Gasteiger partial charge on any atom is 0.266 e. The molecule has 0 radical (unpaired) electrons. The van der Waals surface area contributed by atoms with E-state index < -0.39 is 20.7 Å². The van der Waals surface area contributed by atoms with Crippen molar-refractivity contribution in [2.45, 2.75) is 17.7 Å². The first-order valence-electron chi connectivity index (χ1n) is 9.65. The van der Waals surface area contributed by atoms with E-state index in [4.69, 9.17) is 27.9 Å². The maximum atomic E-state index is 14.8. The van der Waals surface area contributed by atoms with Gasteiger partial charge < -0.3 is 10.1 Å². The Hall–Kier alpha value is -3.00. The van der Waals surface area contributed by atoms with E-state index in [0.717, 1.165) is 17.7 Å². The molecule has 4 aromatic rings. The molecule has 2 aromatic heterocycles. The maximum absolute atomic E-state index is 14.8. The van der Waals surface area contributed by atoms with Crippen molar-refractivity contribution < 1.29 is 17.5 Å². The zero-order valence-corrected chi connectivity index (χ0v) is 20.3. The number of anilines is 2. The average Bonchev–Trinajstić information content (AvgIpc) is 3.49. The molecule has 0 aliphatic rings.